The Hall–Kier alpha value is -0.330. The second-order valence-corrected chi connectivity index (χ2v) is 1.78. The minimum Gasteiger partial charge on any atom is -0.216 e. The maximum absolute atomic E-state index is 11.4. The Morgan fingerprint density at radius 2 is 2.38 bits per heavy atom. The van der Waals surface area contributed by atoms with Gasteiger partial charge in [-0.2, -0.15) is 0 Å². The first-order chi connectivity index (χ1) is 3.85. The molecule has 0 bridgehead atoms. The molecule has 0 aliphatic carbocycles. The van der Waals surface area contributed by atoms with Gasteiger partial charge in [0.1, 0.15) is 0 Å². The highest BCUT2D eigenvalue weighted by Gasteiger charge is 1.94. The summed E-state index contributed by atoms with van der Waals surface area (Å²) in [5.41, 5.74) is 0. The van der Waals surface area contributed by atoms with Crippen molar-refractivity contribution in [3.05, 3.63) is 19.3 Å². The molecule has 1 unspecified atom stereocenters. The van der Waals surface area contributed by atoms with Gasteiger partial charge in [-0.1, -0.05) is 19.9 Å². The van der Waals surface area contributed by atoms with E-state index >= 15 is 0 Å². The Morgan fingerprint density at radius 3 is 2.50 bits per heavy atom. The summed E-state index contributed by atoms with van der Waals surface area (Å²) in [6, 6.07) is 0. The van der Waals surface area contributed by atoms with E-state index in [0.29, 0.717) is 12.2 Å². The Kier molecular flexibility index (Phi) is 4.62. The molecule has 0 heterocycles. The Labute approximate surface area is 50.4 Å². The number of hydrogen-bond acceptors (Lipinski definition) is 0. The monoisotopic (exact) mass is 115 g/mol. The zero-order valence-corrected chi connectivity index (χ0v) is 5.23. The van der Waals surface area contributed by atoms with E-state index < -0.39 is 0 Å². The first-order valence-electron chi connectivity index (χ1n) is 2.91. The van der Waals surface area contributed by atoms with E-state index in [1.54, 1.807) is 6.08 Å². The molecule has 0 aromatic heterocycles. The van der Waals surface area contributed by atoms with Crippen LogP contribution in [0, 0.1) is 12.8 Å². The lowest BCUT2D eigenvalue weighted by atomic mass is 10.0. The predicted molar refractivity (Wildman–Crippen MR) is 34.0 cm³/mol. The third-order valence-electron chi connectivity index (χ3n) is 1.24. The van der Waals surface area contributed by atoms with Crippen LogP contribution in [-0.2, 0) is 0 Å². The van der Waals surface area contributed by atoms with Gasteiger partial charge >= 0.3 is 0 Å². The van der Waals surface area contributed by atoms with Gasteiger partial charge in [0, 0.05) is 0 Å². The van der Waals surface area contributed by atoms with Crippen LogP contribution in [0.25, 0.3) is 0 Å². The molecule has 0 aromatic rings. The summed E-state index contributed by atoms with van der Waals surface area (Å²) in [7, 11) is 0. The standard InChI is InChI=1S/C7H12F/c1-3-7(4-2)5-6-8/h5-7H,1,3-4H2,2H3. The van der Waals surface area contributed by atoms with Crippen molar-refractivity contribution in [3.63, 3.8) is 0 Å². The summed E-state index contributed by atoms with van der Waals surface area (Å²) in [4.78, 5) is 0. The third kappa shape index (κ3) is 2.78. The van der Waals surface area contributed by atoms with Gasteiger partial charge in [0.05, 0.1) is 6.33 Å². The quantitative estimate of drug-likeness (QED) is 0.530. The molecular weight excluding hydrogens is 103 g/mol. The van der Waals surface area contributed by atoms with Crippen molar-refractivity contribution in [3.8, 4) is 0 Å². The van der Waals surface area contributed by atoms with Crippen LogP contribution in [-0.4, -0.2) is 0 Å². The zero-order chi connectivity index (χ0) is 6.41. The van der Waals surface area contributed by atoms with Crippen LogP contribution in [0.3, 0.4) is 0 Å². The molecule has 0 aliphatic heterocycles. The van der Waals surface area contributed by atoms with Crippen molar-refractivity contribution in [2.24, 2.45) is 5.92 Å². The molecule has 0 N–H and O–H groups in total. The average Bonchev–Trinajstić information content (AvgIpc) is 1.83. The van der Waals surface area contributed by atoms with E-state index in [1.807, 2.05) is 6.92 Å². The summed E-state index contributed by atoms with van der Waals surface area (Å²) in [5, 5.41) is 0. The molecule has 1 radical (unpaired) electrons. The average molecular weight is 115 g/mol. The van der Waals surface area contributed by atoms with E-state index in [0.717, 1.165) is 12.8 Å². The molecule has 0 aliphatic rings. The van der Waals surface area contributed by atoms with Gasteiger partial charge in [-0.05, 0) is 18.8 Å². The predicted octanol–water partition coefficient (Wildman–Crippen LogP) is 2.72. The Balaban J connectivity index is 3.36. The smallest absolute Gasteiger partial charge is 0.0829 e. The lowest BCUT2D eigenvalue weighted by Crippen LogP contribution is -1.88. The summed E-state index contributed by atoms with van der Waals surface area (Å²) in [5.74, 6) is 0.333. The molecule has 0 aromatic carbocycles. The minimum absolute atomic E-state index is 0.333. The molecule has 8 heavy (non-hydrogen) atoms. The lowest BCUT2D eigenvalue weighted by Gasteiger charge is -2.01. The van der Waals surface area contributed by atoms with Crippen LogP contribution in [0.5, 0.6) is 0 Å². The summed E-state index contributed by atoms with van der Waals surface area (Å²) in [6.07, 6.45) is 3.91. The van der Waals surface area contributed by atoms with Gasteiger partial charge in [0.15, 0.2) is 0 Å². The second kappa shape index (κ2) is 4.82. The van der Waals surface area contributed by atoms with Crippen LogP contribution in [0.4, 0.5) is 4.39 Å². The van der Waals surface area contributed by atoms with Crippen LogP contribution in [0.15, 0.2) is 12.4 Å². The minimum atomic E-state index is 0.333. The second-order valence-electron chi connectivity index (χ2n) is 1.78. The summed E-state index contributed by atoms with van der Waals surface area (Å²) in [6.45, 7) is 5.68. The van der Waals surface area contributed by atoms with E-state index in [2.05, 4.69) is 6.92 Å². The normalized spacial score (nSPS) is 11.5. The van der Waals surface area contributed by atoms with Crippen LogP contribution >= 0.6 is 0 Å². The molecule has 0 amide bonds. The van der Waals surface area contributed by atoms with Crippen molar-refractivity contribution >= 4 is 0 Å². The Morgan fingerprint density at radius 1 is 1.75 bits per heavy atom. The van der Waals surface area contributed by atoms with Gasteiger partial charge in [-0.3, -0.25) is 0 Å². The van der Waals surface area contributed by atoms with E-state index in [4.69, 9.17) is 0 Å². The van der Waals surface area contributed by atoms with Gasteiger partial charge in [-0.25, -0.2) is 4.39 Å². The first kappa shape index (κ1) is 7.67. The number of hydrogen-bond donors (Lipinski definition) is 0. The highest BCUT2D eigenvalue weighted by molar-refractivity contribution is 4.81. The molecule has 0 rings (SSSR count). The van der Waals surface area contributed by atoms with Crippen molar-refractivity contribution in [2.75, 3.05) is 0 Å². The molecule has 0 saturated heterocycles. The van der Waals surface area contributed by atoms with Crippen molar-refractivity contribution in [2.45, 2.75) is 19.8 Å². The van der Waals surface area contributed by atoms with Gasteiger partial charge in [-0.15, -0.1) is 0 Å². The van der Waals surface area contributed by atoms with Gasteiger partial charge in [0.2, 0.25) is 0 Å². The zero-order valence-electron chi connectivity index (χ0n) is 5.23. The molecule has 0 fully saturated rings. The third-order valence-corrected chi connectivity index (χ3v) is 1.24. The SMILES string of the molecule is [CH2]CC(C=CF)CC. The van der Waals surface area contributed by atoms with Gasteiger partial charge in [0.25, 0.3) is 0 Å². The van der Waals surface area contributed by atoms with Crippen molar-refractivity contribution in [1.29, 1.82) is 0 Å². The van der Waals surface area contributed by atoms with Crippen LogP contribution < -0.4 is 0 Å². The fraction of sp³-hybridized carbons (Fsp3) is 0.571. The summed E-state index contributed by atoms with van der Waals surface area (Å²) >= 11 is 0. The van der Waals surface area contributed by atoms with Crippen LogP contribution in [0.2, 0.25) is 0 Å². The lowest BCUT2D eigenvalue weighted by molar-refractivity contribution is 0.612. The fourth-order valence-electron chi connectivity index (χ4n) is 0.539. The molecule has 0 nitrogen and oxygen atoms in total. The molecule has 1 atom stereocenters. The fourth-order valence-corrected chi connectivity index (χ4v) is 0.539. The maximum atomic E-state index is 11.4. The molecule has 47 valence electrons. The van der Waals surface area contributed by atoms with E-state index in [9.17, 15) is 4.39 Å². The van der Waals surface area contributed by atoms with Crippen LogP contribution in [0.1, 0.15) is 19.8 Å². The molecule has 1 heteroatoms. The van der Waals surface area contributed by atoms with Crippen molar-refractivity contribution in [1.82, 2.24) is 0 Å². The largest absolute Gasteiger partial charge is 0.216 e. The topological polar surface area (TPSA) is 0 Å². The first-order valence-corrected chi connectivity index (χ1v) is 2.91. The van der Waals surface area contributed by atoms with E-state index in [1.165, 1.54) is 0 Å². The number of rotatable bonds is 3. The molecular formula is C7H12F. The number of allylic oxidation sites excluding steroid dienone is 1. The Bertz CT molecular complexity index is 62.8. The molecule has 0 spiro atoms. The van der Waals surface area contributed by atoms with Crippen molar-refractivity contribution < 1.29 is 4.39 Å². The van der Waals surface area contributed by atoms with Gasteiger partial charge < -0.3 is 0 Å². The highest BCUT2D eigenvalue weighted by atomic mass is 19.1. The number of halogens is 1. The van der Waals surface area contributed by atoms with E-state index in [-0.39, 0.29) is 0 Å². The molecule has 0 saturated carbocycles. The maximum Gasteiger partial charge on any atom is 0.0829 e. The highest BCUT2D eigenvalue weighted by Crippen LogP contribution is 2.07. The summed E-state index contributed by atoms with van der Waals surface area (Å²) < 4.78 is 11.4.